The lowest BCUT2D eigenvalue weighted by Gasteiger charge is -2.28. The van der Waals surface area contributed by atoms with E-state index in [0.29, 0.717) is 11.9 Å². The van der Waals surface area contributed by atoms with Crippen LogP contribution in [0, 0.1) is 0 Å². The van der Waals surface area contributed by atoms with E-state index in [1.165, 1.54) is 0 Å². The van der Waals surface area contributed by atoms with Gasteiger partial charge in [-0.15, -0.1) is 0 Å². The van der Waals surface area contributed by atoms with Crippen LogP contribution in [0.3, 0.4) is 0 Å². The van der Waals surface area contributed by atoms with E-state index in [0.717, 1.165) is 37.9 Å². The van der Waals surface area contributed by atoms with Crippen LogP contribution in [-0.2, 0) is 4.79 Å². The van der Waals surface area contributed by atoms with Gasteiger partial charge in [-0.1, -0.05) is 37.3 Å². The number of likely N-dealkylation sites (N-methyl/N-ethyl adjacent to an activating group) is 1. The highest BCUT2D eigenvalue weighted by molar-refractivity contribution is 5.84. The molecule has 2 unspecified atom stereocenters. The van der Waals surface area contributed by atoms with Gasteiger partial charge in [-0.25, -0.2) is 0 Å². The molecule has 0 aromatic heterocycles. The predicted molar refractivity (Wildman–Crippen MR) is 78.1 cm³/mol. The Morgan fingerprint density at radius 2 is 2.16 bits per heavy atom. The molecule has 1 heterocycles. The fourth-order valence-electron chi connectivity index (χ4n) is 3.01. The molecule has 1 aromatic carbocycles. The van der Waals surface area contributed by atoms with E-state index in [1.54, 1.807) is 0 Å². The van der Waals surface area contributed by atoms with Crippen molar-refractivity contribution in [2.24, 2.45) is 0 Å². The van der Waals surface area contributed by atoms with Crippen LogP contribution in [0.5, 0.6) is 0 Å². The minimum Gasteiger partial charge on any atom is -0.338 e. The van der Waals surface area contributed by atoms with Gasteiger partial charge < -0.3 is 10.2 Å². The van der Waals surface area contributed by atoms with Gasteiger partial charge in [0.15, 0.2) is 0 Å². The molecule has 0 bridgehead atoms. The number of nitrogens with one attached hydrogen (secondary N) is 1. The highest BCUT2D eigenvalue weighted by atomic mass is 16.2. The van der Waals surface area contributed by atoms with Crippen molar-refractivity contribution >= 4 is 5.91 Å². The molecule has 1 aliphatic heterocycles. The Labute approximate surface area is 116 Å². The SMILES string of the molecule is CCC(C(=O)N1CCCC1CNC)c1ccccc1. The number of hydrogen-bond donors (Lipinski definition) is 1. The lowest BCUT2D eigenvalue weighted by Crippen LogP contribution is -2.43. The molecule has 1 aromatic rings. The van der Waals surface area contributed by atoms with E-state index in [4.69, 9.17) is 0 Å². The van der Waals surface area contributed by atoms with E-state index in [1.807, 2.05) is 25.2 Å². The quantitative estimate of drug-likeness (QED) is 0.881. The highest BCUT2D eigenvalue weighted by Gasteiger charge is 2.32. The van der Waals surface area contributed by atoms with Gasteiger partial charge in [-0.2, -0.15) is 0 Å². The Bertz CT molecular complexity index is 404. The molecule has 3 nitrogen and oxygen atoms in total. The minimum absolute atomic E-state index is 0.0126. The first kappa shape index (κ1) is 14.1. The van der Waals surface area contributed by atoms with Gasteiger partial charge in [0.2, 0.25) is 5.91 Å². The van der Waals surface area contributed by atoms with Gasteiger partial charge in [0.25, 0.3) is 0 Å². The van der Waals surface area contributed by atoms with Crippen LogP contribution in [0.4, 0.5) is 0 Å². The lowest BCUT2D eigenvalue weighted by atomic mass is 9.94. The summed E-state index contributed by atoms with van der Waals surface area (Å²) in [7, 11) is 1.95. The molecular formula is C16H24N2O. The van der Waals surface area contributed by atoms with Crippen LogP contribution >= 0.6 is 0 Å². The van der Waals surface area contributed by atoms with Gasteiger partial charge >= 0.3 is 0 Å². The first-order valence-corrected chi connectivity index (χ1v) is 7.28. The largest absolute Gasteiger partial charge is 0.338 e. The van der Waals surface area contributed by atoms with E-state index in [-0.39, 0.29) is 5.92 Å². The van der Waals surface area contributed by atoms with Crippen LogP contribution in [0.1, 0.15) is 37.7 Å². The number of amides is 1. The molecule has 0 aliphatic carbocycles. The molecule has 2 rings (SSSR count). The molecule has 1 amide bonds. The summed E-state index contributed by atoms with van der Waals surface area (Å²) in [5, 5.41) is 3.20. The van der Waals surface area contributed by atoms with Crippen molar-refractivity contribution < 1.29 is 4.79 Å². The van der Waals surface area contributed by atoms with E-state index in [2.05, 4.69) is 29.3 Å². The van der Waals surface area contributed by atoms with E-state index < -0.39 is 0 Å². The molecule has 2 atom stereocenters. The third-order valence-corrected chi connectivity index (χ3v) is 4.01. The molecule has 0 spiro atoms. The second-order valence-corrected chi connectivity index (χ2v) is 5.26. The smallest absolute Gasteiger partial charge is 0.230 e. The summed E-state index contributed by atoms with van der Waals surface area (Å²) in [5.41, 5.74) is 1.14. The summed E-state index contributed by atoms with van der Waals surface area (Å²) in [6.45, 7) is 3.91. The van der Waals surface area contributed by atoms with Crippen molar-refractivity contribution in [1.82, 2.24) is 10.2 Å². The fraction of sp³-hybridized carbons (Fsp3) is 0.562. The average molecular weight is 260 g/mol. The Morgan fingerprint density at radius 1 is 1.42 bits per heavy atom. The van der Waals surface area contributed by atoms with Gasteiger partial charge in [0.1, 0.15) is 0 Å². The van der Waals surface area contributed by atoms with Crippen molar-refractivity contribution in [3.63, 3.8) is 0 Å². The number of likely N-dealkylation sites (tertiary alicyclic amines) is 1. The van der Waals surface area contributed by atoms with Crippen molar-refractivity contribution in [3.8, 4) is 0 Å². The predicted octanol–water partition coefficient (Wildman–Crippen LogP) is 2.39. The van der Waals surface area contributed by atoms with Crippen LogP contribution in [-0.4, -0.2) is 37.0 Å². The summed E-state index contributed by atoms with van der Waals surface area (Å²) in [4.78, 5) is 14.8. The zero-order chi connectivity index (χ0) is 13.7. The maximum absolute atomic E-state index is 12.8. The molecule has 0 saturated carbocycles. The summed E-state index contributed by atoms with van der Waals surface area (Å²) in [6.07, 6.45) is 3.12. The summed E-state index contributed by atoms with van der Waals surface area (Å²) >= 11 is 0. The van der Waals surface area contributed by atoms with Crippen LogP contribution < -0.4 is 5.32 Å². The lowest BCUT2D eigenvalue weighted by molar-refractivity contribution is -0.133. The average Bonchev–Trinajstić information content (AvgIpc) is 2.89. The molecule has 3 heteroatoms. The molecule has 0 radical (unpaired) electrons. The Balaban J connectivity index is 2.12. The number of rotatable bonds is 5. The van der Waals surface area contributed by atoms with Gasteiger partial charge in [-0.3, -0.25) is 4.79 Å². The first-order valence-electron chi connectivity index (χ1n) is 7.28. The van der Waals surface area contributed by atoms with Crippen LogP contribution in [0.15, 0.2) is 30.3 Å². The molecule has 19 heavy (non-hydrogen) atoms. The van der Waals surface area contributed by atoms with Gasteiger partial charge in [0.05, 0.1) is 5.92 Å². The zero-order valence-electron chi connectivity index (χ0n) is 11.9. The maximum Gasteiger partial charge on any atom is 0.230 e. The normalized spacial score (nSPS) is 20.5. The van der Waals surface area contributed by atoms with Crippen molar-refractivity contribution in [1.29, 1.82) is 0 Å². The zero-order valence-corrected chi connectivity index (χ0v) is 11.9. The summed E-state index contributed by atoms with van der Waals surface area (Å²) in [6, 6.07) is 10.5. The molecule has 104 valence electrons. The van der Waals surface area contributed by atoms with Gasteiger partial charge in [0, 0.05) is 19.1 Å². The maximum atomic E-state index is 12.8. The molecule has 1 N–H and O–H groups in total. The highest BCUT2D eigenvalue weighted by Crippen LogP contribution is 2.26. The van der Waals surface area contributed by atoms with Crippen LogP contribution in [0.25, 0.3) is 0 Å². The van der Waals surface area contributed by atoms with Crippen molar-refractivity contribution in [3.05, 3.63) is 35.9 Å². The van der Waals surface area contributed by atoms with Crippen molar-refractivity contribution in [2.45, 2.75) is 38.1 Å². The Hall–Kier alpha value is -1.35. The Kier molecular flexibility index (Phi) is 4.97. The van der Waals surface area contributed by atoms with E-state index in [9.17, 15) is 4.79 Å². The van der Waals surface area contributed by atoms with Crippen LogP contribution in [0.2, 0.25) is 0 Å². The third-order valence-electron chi connectivity index (χ3n) is 4.01. The number of benzene rings is 1. The topological polar surface area (TPSA) is 32.3 Å². The standard InChI is InChI=1S/C16H24N2O/c1-3-15(13-8-5-4-6-9-13)16(19)18-11-7-10-14(18)12-17-2/h4-6,8-9,14-15,17H,3,7,10-12H2,1-2H3. The molecule has 1 fully saturated rings. The number of carbonyl (C=O) groups excluding carboxylic acids is 1. The van der Waals surface area contributed by atoms with Crippen molar-refractivity contribution in [2.75, 3.05) is 20.1 Å². The minimum atomic E-state index is 0.0126. The molecule has 1 saturated heterocycles. The summed E-state index contributed by atoms with van der Waals surface area (Å²) < 4.78 is 0. The first-order chi connectivity index (χ1) is 9.27. The fourth-order valence-corrected chi connectivity index (χ4v) is 3.01. The molecular weight excluding hydrogens is 236 g/mol. The van der Waals surface area contributed by atoms with Gasteiger partial charge in [-0.05, 0) is 31.9 Å². The monoisotopic (exact) mass is 260 g/mol. The summed E-state index contributed by atoms with van der Waals surface area (Å²) in [5.74, 6) is 0.310. The van der Waals surface area contributed by atoms with E-state index >= 15 is 0 Å². The second kappa shape index (κ2) is 6.71. The number of carbonyl (C=O) groups is 1. The Morgan fingerprint density at radius 3 is 2.79 bits per heavy atom. The third kappa shape index (κ3) is 3.16. The second-order valence-electron chi connectivity index (χ2n) is 5.26. The number of nitrogens with zero attached hydrogens (tertiary/aromatic N) is 1. The number of hydrogen-bond acceptors (Lipinski definition) is 2. The molecule has 1 aliphatic rings.